The molecule has 4 heteroatoms. The molecule has 2 rings (SSSR count). The number of aryl methyl sites for hydroxylation is 3. The quantitative estimate of drug-likeness (QED) is 0.879. The fourth-order valence-corrected chi connectivity index (χ4v) is 2.61. The molecule has 0 aliphatic rings. The van der Waals surface area contributed by atoms with Crippen LogP contribution in [0.3, 0.4) is 0 Å². The summed E-state index contributed by atoms with van der Waals surface area (Å²) in [4.78, 5) is 4.41. The zero-order valence-corrected chi connectivity index (χ0v) is 12.8. The van der Waals surface area contributed by atoms with Gasteiger partial charge >= 0.3 is 0 Å². The number of likely N-dealkylation sites (N-methyl/N-ethyl adjacent to an activating group) is 1. The van der Waals surface area contributed by atoms with Crippen LogP contribution in [0, 0.1) is 13.8 Å². The average Bonchev–Trinajstić information content (AvgIpc) is 2.84. The Morgan fingerprint density at radius 2 is 2.10 bits per heavy atom. The molecule has 0 fully saturated rings. The van der Waals surface area contributed by atoms with Crippen molar-refractivity contribution in [2.45, 2.75) is 46.2 Å². The summed E-state index contributed by atoms with van der Waals surface area (Å²) in [5, 5.41) is 7.71. The number of nitrogens with zero attached hydrogens (tertiary/aromatic N) is 3. The van der Waals surface area contributed by atoms with Crippen molar-refractivity contribution in [3.63, 3.8) is 0 Å². The Hall–Kier alpha value is -1.68. The Kier molecular flexibility index (Phi) is 4.90. The van der Waals surface area contributed by atoms with Crippen LogP contribution >= 0.6 is 0 Å². The molecule has 1 atom stereocenters. The first-order chi connectivity index (χ1) is 9.65. The largest absolute Gasteiger partial charge is 0.313 e. The predicted octanol–water partition coefficient (Wildman–Crippen LogP) is 2.81. The lowest BCUT2D eigenvalue weighted by Crippen LogP contribution is -2.22. The van der Waals surface area contributed by atoms with Crippen LogP contribution in [-0.2, 0) is 13.0 Å². The van der Waals surface area contributed by atoms with Crippen LogP contribution in [0.1, 0.15) is 41.9 Å². The van der Waals surface area contributed by atoms with Gasteiger partial charge in [-0.05, 0) is 38.4 Å². The third-order valence-corrected chi connectivity index (χ3v) is 3.67. The van der Waals surface area contributed by atoms with Crippen LogP contribution in [0.15, 0.2) is 24.5 Å². The normalized spacial score (nSPS) is 12.6. The molecule has 0 saturated carbocycles. The van der Waals surface area contributed by atoms with Gasteiger partial charge in [0, 0.05) is 19.0 Å². The number of nitrogens with one attached hydrogen (secondary N) is 1. The topological polar surface area (TPSA) is 42.7 Å². The van der Waals surface area contributed by atoms with E-state index < -0.39 is 0 Å². The number of hydrogen-bond donors (Lipinski definition) is 1. The fraction of sp³-hybridized carbons (Fsp3) is 0.500. The van der Waals surface area contributed by atoms with Gasteiger partial charge in [-0.15, -0.1) is 0 Å². The van der Waals surface area contributed by atoms with Crippen molar-refractivity contribution in [3.05, 3.63) is 47.0 Å². The van der Waals surface area contributed by atoms with Gasteiger partial charge < -0.3 is 5.32 Å². The van der Waals surface area contributed by atoms with Crippen LogP contribution < -0.4 is 5.32 Å². The molecule has 4 nitrogen and oxygen atoms in total. The monoisotopic (exact) mass is 272 g/mol. The van der Waals surface area contributed by atoms with Gasteiger partial charge in [-0.25, -0.2) is 4.98 Å². The Labute approximate surface area is 121 Å². The highest BCUT2D eigenvalue weighted by molar-refractivity contribution is 5.33. The van der Waals surface area contributed by atoms with Gasteiger partial charge in [-0.1, -0.05) is 30.7 Å². The average molecular weight is 272 g/mol. The lowest BCUT2D eigenvalue weighted by Gasteiger charge is -2.19. The van der Waals surface area contributed by atoms with Crippen molar-refractivity contribution in [3.8, 4) is 0 Å². The first kappa shape index (κ1) is 14.7. The van der Waals surface area contributed by atoms with E-state index in [1.807, 2.05) is 11.7 Å². The van der Waals surface area contributed by atoms with Crippen molar-refractivity contribution in [2.24, 2.45) is 0 Å². The smallest absolute Gasteiger partial charge is 0.138 e. The second-order valence-corrected chi connectivity index (χ2v) is 5.30. The molecule has 2 aromatic rings. The number of benzene rings is 1. The minimum atomic E-state index is 0.274. The van der Waals surface area contributed by atoms with Crippen LogP contribution in [0.4, 0.5) is 0 Å². The molecule has 0 bridgehead atoms. The minimum absolute atomic E-state index is 0.274. The van der Waals surface area contributed by atoms with Gasteiger partial charge in [0.1, 0.15) is 12.2 Å². The summed E-state index contributed by atoms with van der Waals surface area (Å²) >= 11 is 0. The summed E-state index contributed by atoms with van der Waals surface area (Å²) < 4.78 is 2.01. The second kappa shape index (κ2) is 6.66. The predicted molar refractivity (Wildman–Crippen MR) is 81.7 cm³/mol. The van der Waals surface area contributed by atoms with Crippen molar-refractivity contribution in [2.75, 3.05) is 7.05 Å². The summed E-state index contributed by atoms with van der Waals surface area (Å²) in [5.74, 6) is 1.05. The lowest BCUT2D eigenvalue weighted by molar-refractivity contribution is 0.515. The molecule has 0 saturated heterocycles. The maximum absolute atomic E-state index is 4.41. The van der Waals surface area contributed by atoms with Gasteiger partial charge in [0.15, 0.2) is 0 Å². The standard InChI is InChI=1S/C16H24N4/c1-5-8-20-16(18-11-19-20)10-15(17-4)14-7-6-12(2)9-13(14)3/h6-7,9,11,15,17H,5,8,10H2,1-4H3. The van der Waals surface area contributed by atoms with Crippen molar-refractivity contribution < 1.29 is 0 Å². The van der Waals surface area contributed by atoms with E-state index in [-0.39, 0.29) is 6.04 Å². The van der Waals surface area contributed by atoms with Crippen LogP contribution in [0.25, 0.3) is 0 Å². The minimum Gasteiger partial charge on any atom is -0.313 e. The fourth-order valence-electron chi connectivity index (χ4n) is 2.61. The Morgan fingerprint density at radius 1 is 1.30 bits per heavy atom. The maximum atomic E-state index is 4.41. The van der Waals surface area contributed by atoms with Gasteiger partial charge in [0.25, 0.3) is 0 Å². The number of aromatic nitrogens is 3. The van der Waals surface area contributed by atoms with E-state index >= 15 is 0 Å². The molecule has 0 radical (unpaired) electrons. The Bertz CT molecular complexity index is 559. The van der Waals surface area contributed by atoms with Gasteiger partial charge in [0.2, 0.25) is 0 Å². The van der Waals surface area contributed by atoms with E-state index in [4.69, 9.17) is 0 Å². The van der Waals surface area contributed by atoms with Crippen molar-refractivity contribution >= 4 is 0 Å². The van der Waals surface area contributed by atoms with Crippen LogP contribution in [-0.4, -0.2) is 21.8 Å². The summed E-state index contributed by atoms with van der Waals surface area (Å²) in [7, 11) is 2.00. The molecular formula is C16H24N4. The molecule has 0 spiro atoms. The highest BCUT2D eigenvalue weighted by atomic mass is 15.3. The summed E-state index contributed by atoms with van der Waals surface area (Å²) in [6.07, 6.45) is 3.59. The second-order valence-electron chi connectivity index (χ2n) is 5.30. The summed E-state index contributed by atoms with van der Waals surface area (Å²) in [6.45, 7) is 7.39. The van der Waals surface area contributed by atoms with Crippen molar-refractivity contribution in [1.29, 1.82) is 0 Å². The van der Waals surface area contributed by atoms with Crippen molar-refractivity contribution in [1.82, 2.24) is 20.1 Å². The molecular weight excluding hydrogens is 248 g/mol. The molecule has 1 aromatic heterocycles. The summed E-state index contributed by atoms with van der Waals surface area (Å²) in [6, 6.07) is 6.89. The first-order valence-corrected chi connectivity index (χ1v) is 7.26. The van der Waals surface area contributed by atoms with E-state index in [0.717, 1.165) is 25.2 Å². The van der Waals surface area contributed by atoms with E-state index in [2.05, 4.69) is 54.4 Å². The molecule has 1 unspecified atom stereocenters. The third kappa shape index (κ3) is 3.25. The lowest BCUT2D eigenvalue weighted by atomic mass is 9.97. The molecule has 1 aromatic carbocycles. The molecule has 20 heavy (non-hydrogen) atoms. The molecule has 0 amide bonds. The van der Waals surface area contributed by atoms with Gasteiger partial charge in [0.05, 0.1) is 0 Å². The molecule has 1 heterocycles. The van der Waals surface area contributed by atoms with E-state index in [1.165, 1.54) is 16.7 Å². The number of hydrogen-bond acceptors (Lipinski definition) is 3. The number of rotatable bonds is 6. The molecule has 1 N–H and O–H groups in total. The molecule has 108 valence electrons. The first-order valence-electron chi connectivity index (χ1n) is 7.26. The Morgan fingerprint density at radius 3 is 2.75 bits per heavy atom. The SMILES string of the molecule is CCCn1ncnc1CC(NC)c1ccc(C)cc1C. The zero-order chi connectivity index (χ0) is 14.5. The van der Waals surface area contributed by atoms with Crippen LogP contribution in [0.5, 0.6) is 0 Å². The zero-order valence-electron chi connectivity index (χ0n) is 12.8. The third-order valence-electron chi connectivity index (χ3n) is 3.67. The molecule has 0 aliphatic carbocycles. The highest BCUT2D eigenvalue weighted by Crippen LogP contribution is 2.21. The van der Waals surface area contributed by atoms with E-state index in [0.29, 0.717) is 0 Å². The van der Waals surface area contributed by atoms with Gasteiger partial charge in [-0.2, -0.15) is 5.10 Å². The van der Waals surface area contributed by atoms with E-state index in [1.54, 1.807) is 6.33 Å². The van der Waals surface area contributed by atoms with Gasteiger partial charge in [-0.3, -0.25) is 4.68 Å². The summed E-state index contributed by atoms with van der Waals surface area (Å²) in [5.41, 5.74) is 3.96. The Balaban J connectivity index is 2.22. The van der Waals surface area contributed by atoms with E-state index in [9.17, 15) is 0 Å². The maximum Gasteiger partial charge on any atom is 0.138 e. The highest BCUT2D eigenvalue weighted by Gasteiger charge is 2.16. The van der Waals surface area contributed by atoms with Crippen LogP contribution in [0.2, 0.25) is 0 Å². The molecule has 0 aliphatic heterocycles.